The van der Waals surface area contributed by atoms with E-state index >= 15 is 0 Å². The summed E-state index contributed by atoms with van der Waals surface area (Å²) in [5.74, 6) is -2.75. The van der Waals surface area contributed by atoms with Crippen LogP contribution < -0.4 is 0 Å². The first-order valence-electron chi connectivity index (χ1n) is 4.70. The molecule has 1 saturated carbocycles. The smallest absolute Gasteiger partial charge is 0.307 e. The van der Waals surface area contributed by atoms with Crippen LogP contribution in [0.4, 0.5) is 17.6 Å². The van der Waals surface area contributed by atoms with Gasteiger partial charge in [-0.3, -0.25) is 4.79 Å². The molecule has 1 N–H and O–H groups in total. The van der Waals surface area contributed by atoms with Gasteiger partial charge in [-0.15, -0.1) is 0 Å². The number of aliphatic carboxylic acids is 1. The molecule has 1 aliphatic rings. The van der Waals surface area contributed by atoms with Crippen molar-refractivity contribution in [2.24, 2.45) is 17.3 Å². The fraction of sp³-hybridized carbons (Fsp3) is 0.700. The maximum absolute atomic E-state index is 12.2. The van der Waals surface area contributed by atoms with Crippen LogP contribution in [0.2, 0.25) is 0 Å². The number of allylic oxidation sites excluding steroid dienone is 2. The Balaban J connectivity index is 2.89. The predicted molar refractivity (Wildman–Crippen MR) is 48.5 cm³/mol. The van der Waals surface area contributed by atoms with E-state index in [9.17, 15) is 22.4 Å². The first kappa shape index (κ1) is 13.0. The largest absolute Gasteiger partial charge is 0.481 e. The Bertz CT molecular complexity index is 313. The Labute approximate surface area is 89.9 Å². The van der Waals surface area contributed by atoms with Gasteiger partial charge in [0.25, 0.3) is 12.9 Å². The number of carbonyl (C=O) groups is 1. The molecule has 0 unspecified atom stereocenters. The van der Waals surface area contributed by atoms with E-state index in [1.165, 1.54) is 0 Å². The van der Waals surface area contributed by atoms with Crippen LogP contribution in [0, 0.1) is 17.3 Å². The molecule has 1 fully saturated rings. The monoisotopic (exact) mass is 240 g/mol. The standard InChI is InChI=1S/C10H12F4O2/c1-10(2)5(6(10)9(15)16)3-4(7(11)12)8(13)14/h3,5-8H,1-2H3,(H,15,16)/t5-,6+/m1/s1. The molecule has 2 atom stereocenters. The molecule has 0 aromatic carbocycles. The fourth-order valence-corrected chi connectivity index (χ4v) is 1.91. The van der Waals surface area contributed by atoms with Gasteiger partial charge in [0.15, 0.2) is 0 Å². The maximum atomic E-state index is 12.2. The van der Waals surface area contributed by atoms with Crippen LogP contribution in [0.25, 0.3) is 0 Å². The van der Waals surface area contributed by atoms with E-state index in [1.807, 2.05) is 0 Å². The minimum absolute atomic E-state index is 0.716. The van der Waals surface area contributed by atoms with Gasteiger partial charge < -0.3 is 5.11 Å². The lowest BCUT2D eigenvalue weighted by Crippen LogP contribution is -2.08. The molecule has 0 spiro atoms. The van der Waals surface area contributed by atoms with Crippen molar-refractivity contribution in [3.05, 3.63) is 11.6 Å². The molecule has 92 valence electrons. The van der Waals surface area contributed by atoms with Crippen molar-refractivity contribution in [2.45, 2.75) is 26.7 Å². The van der Waals surface area contributed by atoms with E-state index in [-0.39, 0.29) is 0 Å². The summed E-state index contributed by atoms with van der Waals surface area (Å²) in [7, 11) is 0. The molecule has 16 heavy (non-hydrogen) atoms. The number of halogens is 4. The number of rotatable bonds is 4. The average Bonchev–Trinajstić information content (AvgIpc) is 2.62. The van der Waals surface area contributed by atoms with Crippen LogP contribution in [0.5, 0.6) is 0 Å². The number of hydrogen-bond acceptors (Lipinski definition) is 1. The quantitative estimate of drug-likeness (QED) is 0.606. The van der Waals surface area contributed by atoms with Crippen LogP contribution in [0.3, 0.4) is 0 Å². The van der Waals surface area contributed by atoms with Crippen LogP contribution in [-0.2, 0) is 4.79 Å². The molecule has 6 heteroatoms. The van der Waals surface area contributed by atoms with Crippen molar-refractivity contribution in [1.82, 2.24) is 0 Å². The molecule has 0 aromatic rings. The van der Waals surface area contributed by atoms with Crippen LogP contribution in [-0.4, -0.2) is 23.9 Å². The third-order valence-electron chi connectivity index (χ3n) is 3.05. The van der Waals surface area contributed by atoms with Gasteiger partial charge >= 0.3 is 5.97 Å². The Morgan fingerprint density at radius 2 is 1.69 bits per heavy atom. The second kappa shape index (κ2) is 4.07. The zero-order chi connectivity index (χ0) is 12.7. The molecule has 0 aromatic heterocycles. The summed E-state index contributed by atoms with van der Waals surface area (Å²) in [4.78, 5) is 10.7. The number of carboxylic acids is 1. The predicted octanol–water partition coefficient (Wildman–Crippen LogP) is 2.80. The minimum atomic E-state index is -3.24. The highest BCUT2D eigenvalue weighted by atomic mass is 19.3. The lowest BCUT2D eigenvalue weighted by Gasteiger charge is -2.05. The SMILES string of the molecule is CC1(C)[C@H](C=C(C(F)F)C(F)F)[C@H]1C(=O)O. The Hall–Kier alpha value is -1.07. The topological polar surface area (TPSA) is 37.3 Å². The zero-order valence-electron chi connectivity index (χ0n) is 8.75. The van der Waals surface area contributed by atoms with Crippen molar-refractivity contribution >= 4 is 5.97 Å². The van der Waals surface area contributed by atoms with E-state index in [0.29, 0.717) is 6.08 Å². The van der Waals surface area contributed by atoms with Crippen molar-refractivity contribution < 1.29 is 27.5 Å². The molecule has 0 heterocycles. The van der Waals surface area contributed by atoms with Gasteiger partial charge in [-0.05, 0) is 11.3 Å². The third kappa shape index (κ3) is 2.20. The first-order valence-corrected chi connectivity index (χ1v) is 4.70. The van der Waals surface area contributed by atoms with Crippen LogP contribution >= 0.6 is 0 Å². The Morgan fingerprint density at radius 1 is 1.25 bits per heavy atom. The van der Waals surface area contributed by atoms with Crippen molar-refractivity contribution in [3.63, 3.8) is 0 Å². The molecule has 0 aliphatic heterocycles. The summed E-state index contributed by atoms with van der Waals surface area (Å²) in [5.41, 5.74) is -2.01. The molecule has 0 radical (unpaired) electrons. The van der Waals surface area contributed by atoms with Gasteiger partial charge in [0.1, 0.15) is 0 Å². The molecule has 1 aliphatic carbocycles. The third-order valence-corrected chi connectivity index (χ3v) is 3.05. The maximum Gasteiger partial charge on any atom is 0.307 e. The summed E-state index contributed by atoms with van der Waals surface area (Å²) in [5, 5.41) is 8.75. The highest BCUT2D eigenvalue weighted by Gasteiger charge is 2.61. The van der Waals surface area contributed by atoms with Gasteiger partial charge in [0.05, 0.1) is 11.5 Å². The second-order valence-electron chi connectivity index (χ2n) is 4.43. The van der Waals surface area contributed by atoms with E-state index in [0.717, 1.165) is 0 Å². The summed E-state index contributed by atoms with van der Waals surface area (Å²) >= 11 is 0. The number of hydrogen-bond donors (Lipinski definition) is 1. The molecule has 2 nitrogen and oxygen atoms in total. The van der Waals surface area contributed by atoms with Gasteiger partial charge in [0.2, 0.25) is 0 Å². The summed E-state index contributed by atoms with van der Waals surface area (Å²) in [6.45, 7) is 3.11. The van der Waals surface area contributed by atoms with Crippen LogP contribution in [0.15, 0.2) is 11.6 Å². The summed E-state index contributed by atoms with van der Waals surface area (Å²) in [6.07, 6.45) is -5.77. The van der Waals surface area contributed by atoms with E-state index in [1.54, 1.807) is 13.8 Å². The highest BCUT2D eigenvalue weighted by Crippen LogP contribution is 2.59. The molecular weight excluding hydrogens is 228 g/mol. The molecule has 0 saturated heterocycles. The molecule has 0 bridgehead atoms. The Morgan fingerprint density at radius 3 is 1.94 bits per heavy atom. The van der Waals surface area contributed by atoms with Gasteiger partial charge in [0, 0.05) is 0 Å². The van der Waals surface area contributed by atoms with Gasteiger partial charge in [-0.2, -0.15) is 0 Å². The molecule has 0 amide bonds. The molecular formula is C10H12F4O2. The summed E-state index contributed by atoms with van der Waals surface area (Å²) in [6, 6.07) is 0. The average molecular weight is 240 g/mol. The Kier molecular flexibility index (Phi) is 3.30. The lowest BCUT2D eigenvalue weighted by molar-refractivity contribution is -0.139. The summed E-state index contributed by atoms with van der Waals surface area (Å²) < 4.78 is 48.9. The fourth-order valence-electron chi connectivity index (χ4n) is 1.91. The van der Waals surface area contributed by atoms with Gasteiger partial charge in [-0.1, -0.05) is 19.9 Å². The van der Waals surface area contributed by atoms with E-state index in [4.69, 9.17) is 5.11 Å². The number of carboxylic acid groups (broad SMARTS) is 1. The normalized spacial score (nSPS) is 27.0. The molecule has 1 rings (SSSR count). The zero-order valence-corrected chi connectivity index (χ0v) is 8.75. The van der Waals surface area contributed by atoms with E-state index < -0.39 is 41.6 Å². The first-order chi connectivity index (χ1) is 7.19. The van der Waals surface area contributed by atoms with Crippen molar-refractivity contribution in [2.75, 3.05) is 0 Å². The second-order valence-corrected chi connectivity index (χ2v) is 4.43. The number of alkyl halides is 4. The van der Waals surface area contributed by atoms with Crippen molar-refractivity contribution in [1.29, 1.82) is 0 Å². The minimum Gasteiger partial charge on any atom is -0.481 e. The van der Waals surface area contributed by atoms with Gasteiger partial charge in [-0.25, -0.2) is 17.6 Å². The van der Waals surface area contributed by atoms with Crippen molar-refractivity contribution in [3.8, 4) is 0 Å². The highest BCUT2D eigenvalue weighted by molar-refractivity contribution is 5.76. The lowest BCUT2D eigenvalue weighted by atomic mass is 10.1. The van der Waals surface area contributed by atoms with E-state index in [2.05, 4.69) is 0 Å². The van der Waals surface area contributed by atoms with Crippen LogP contribution in [0.1, 0.15) is 13.8 Å².